The Hall–Kier alpha value is -1.59. The molecule has 6 heteroatoms. The molecule has 1 fully saturated rings. The highest BCUT2D eigenvalue weighted by molar-refractivity contribution is 6.35. The van der Waals surface area contributed by atoms with E-state index in [9.17, 15) is 9.59 Å². The van der Waals surface area contributed by atoms with Gasteiger partial charge in [-0.1, -0.05) is 0 Å². The van der Waals surface area contributed by atoms with Crippen molar-refractivity contribution in [3.8, 4) is 0 Å². The largest absolute Gasteiger partial charge is 0.372 e. The first-order valence-electron chi connectivity index (χ1n) is 2.93. The molecule has 0 saturated carbocycles. The van der Waals surface area contributed by atoms with Gasteiger partial charge in [-0.05, 0) is 0 Å². The SMILES string of the molecule is NC=O.O=C1NCCNC1=O. The average Bonchev–Trinajstić information content (AvgIpc) is 1.97. The summed E-state index contributed by atoms with van der Waals surface area (Å²) in [5, 5.41) is 4.76. The fourth-order valence-electron chi connectivity index (χ4n) is 0.513. The summed E-state index contributed by atoms with van der Waals surface area (Å²) in [4.78, 5) is 29.1. The van der Waals surface area contributed by atoms with Crippen molar-refractivity contribution in [1.29, 1.82) is 0 Å². The highest BCUT2D eigenvalue weighted by atomic mass is 16.2. The van der Waals surface area contributed by atoms with Crippen molar-refractivity contribution in [2.45, 2.75) is 0 Å². The average molecular weight is 159 g/mol. The second kappa shape index (κ2) is 5.21. The summed E-state index contributed by atoms with van der Waals surface area (Å²) in [5.41, 5.74) is 4.17. The van der Waals surface area contributed by atoms with Crippen molar-refractivity contribution < 1.29 is 14.4 Å². The third-order valence-corrected chi connectivity index (χ3v) is 0.902. The molecular formula is C5H9N3O3. The quantitative estimate of drug-likeness (QED) is 0.265. The molecule has 0 aromatic heterocycles. The monoisotopic (exact) mass is 159 g/mol. The Kier molecular flexibility index (Phi) is 4.46. The molecule has 3 amide bonds. The van der Waals surface area contributed by atoms with Crippen molar-refractivity contribution in [3.05, 3.63) is 0 Å². The normalized spacial score (nSPS) is 15.3. The van der Waals surface area contributed by atoms with Crippen LogP contribution < -0.4 is 16.4 Å². The first-order valence-corrected chi connectivity index (χ1v) is 2.93. The smallest absolute Gasteiger partial charge is 0.309 e. The summed E-state index contributed by atoms with van der Waals surface area (Å²) in [6.07, 6.45) is 0.250. The lowest BCUT2D eigenvalue weighted by Crippen LogP contribution is -2.49. The van der Waals surface area contributed by atoms with Gasteiger partial charge in [-0.2, -0.15) is 0 Å². The Morgan fingerprint density at radius 1 is 1.18 bits per heavy atom. The third-order valence-electron chi connectivity index (χ3n) is 0.902. The lowest BCUT2D eigenvalue weighted by molar-refractivity contribution is -0.140. The number of hydrogen-bond donors (Lipinski definition) is 3. The van der Waals surface area contributed by atoms with Gasteiger partial charge >= 0.3 is 11.8 Å². The van der Waals surface area contributed by atoms with E-state index in [4.69, 9.17) is 4.79 Å². The van der Waals surface area contributed by atoms with Crippen LogP contribution >= 0.6 is 0 Å². The number of carbonyl (C=O) groups excluding carboxylic acids is 3. The summed E-state index contributed by atoms with van der Waals surface area (Å²) in [7, 11) is 0. The van der Waals surface area contributed by atoms with Gasteiger partial charge in [0.05, 0.1) is 0 Å². The second-order valence-corrected chi connectivity index (χ2v) is 1.65. The van der Waals surface area contributed by atoms with E-state index in [1.54, 1.807) is 0 Å². The fourth-order valence-corrected chi connectivity index (χ4v) is 0.513. The zero-order valence-electron chi connectivity index (χ0n) is 5.79. The molecular weight excluding hydrogens is 150 g/mol. The summed E-state index contributed by atoms with van der Waals surface area (Å²) >= 11 is 0. The van der Waals surface area contributed by atoms with Gasteiger partial charge in [0.2, 0.25) is 6.41 Å². The van der Waals surface area contributed by atoms with E-state index in [0.29, 0.717) is 13.1 Å². The van der Waals surface area contributed by atoms with Gasteiger partial charge in [-0.25, -0.2) is 0 Å². The predicted molar refractivity (Wildman–Crippen MR) is 36.3 cm³/mol. The summed E-state index contributed by atoms with van der Waals surface area (Å²) < 4.78 is 0. The first kappa shape index (κ1) is 9.41. The van der Waals surface area contributed by atoms with Gasteiger partial charge in [0, 0.05) is 13.1 Å². The minimum atomic E-state index is -0.531. The molecule has 0 spiro atoms. The van der Waals surface area contributed by atoms with E-state index < -0.39 is 11.8 Å². The Labute approximate surface area is 63.1 Å². The lowest BCUT2D eigenvalue weighted by atomic mass is 10.4. The van der Waals surface area contributed by atoms with Crippen LogP contribution in [0.4, 0.5) is 0 Å². The van der Waals surface area contributed by atoms with Crippen molar-refractivity contribution in [2.24, 2.45) is 5.73 Å². The van der Waals surface area contributed by atoms with E-state index >= 15 is 0 Å². The molecule has 0 atom stereocenters. The van der Waals surface area contributed by atoms with E-state index in [0.717, 1.165) is 0 Å². The molecule has 1 saturated heterocycles. The van der Waals surface area contributed by atoms with E-state index in [-0.39, 0.29) is 6.41 Å². The van der Waals surface area contributed by atoms with Gasteiger partial charge < -0.3 is 16.4 Å². The maximum absolute atomic E-state index is 10.3. The fraction of sp³-hybridized carbons (Fsp3) is 0.400. The van der Waals surface area contributed by atoms with Crippen LogP contribution in [-0.2, 0) is 14.4 Å². The summed E-state index contributed by atoms with van der Waals surface area (Å²) in [6.45, 7) is 1.09. The van der Waals surface area contributed by atoms with E-state index in [1.165, 1.54) is 0 Å². The van der Waals surface area contributed by atoms with Crippen LogP contribution in [-0.4, -0.2) is 31.3 Å². The Bertz CT molecular complexity index is 152. The van der Waals surface area contributed by atoms with Crippen LogP contribution in [0.3, 0.4) is 0 Å². The van der Waals surface area contributed by atoms with Gasteiger partial charge in [-0.15, -0.1) is 0 Å². The molecule has 1 heterocycles. The molecule has 1 rings (SSSR count). The number of carbonyl (C=O) groups is 3. The standard InChI is InChI=1S/C4H6N2O2.CH3NO/c7-3-4(8)6-2-1-5-3;2-1-3/h1-2H2,(H,5,7)(H,6,8);1H,(H2,2,3). The minimum absolute atomic E-state index is 0.250. The third kappa shape index (κ3) is 3.90. The molecule has 1 aliphatic rings. The lowest BCUT2D eigenvalue weighted by Gasteiger charge is -2.10. The maximum Gasteiger partial charge on any atom is 0.309 e. The molecule has 11 heavy (non-hydrogen) atoms. The van der Waals surface area contributed by atoms with Crippen LogP contribution in [0.1, 0.15) is 0 Å². The Morgan fingerprint density at radius 2 is 1.45 bits per heavy atom. The molecule has 1 aliphatic heterocycles. The molecule has 0 aromatic rings. The van der Waals surface area contributed by atoms with Crippen molar-refractivity contribution in [1.82, 2.24) is 10.6 Å². The maximum atomic E-state index is 10.3. The minimum Gasteiger partial charge on any atom is -0.372 e. The molecule has 4 N–H and O–H groups in total. The van der Waals surface area contributed by atoms with Crippen molar-refractivity contribution >= 4 is 18.2 Å². The zero-order chi connectivity index (χ0) is 8.69. The Morgan fingerprint density at radius 3 is 1.64 bits per heavy atom. The topological polar surface area (TPSA) is 101 Å². The highest BCUT2D eigenvalue weighted by Gasteiger charge is 2.15. The first-order chi connectivity index (χ1) is 5.22. The predicted octanol–water partition coefficient (Wildman–Crippen LogP) is -2.67. The number of nitrogens with two attached hydrogens (primary N) is 1. The Balaban J connectivity index is 0.000000292. The molecule has 0 radical (unpaired) electrons. The van der Waals surface area contributed by atoms with Gasteiger partial charge in [0.15, 0.2) is 0 Å². The van der Waals surface area contributed by atoms with Crippen LogP contribution in [0.2, 0.25) is 0 Å². The van der Waals surface area contributed by atoms with Crippen LogP contribution in [0.5, 0.6) is 0 Å². The van der Waals surface area contributed by atoms with E-state index in [2.05, 4.69) is 16.4 Å². The second-order valence-electron chi connectivity index (χ2n) is 1.65. The van der Waals surface area contributed by atoms with Crippen LogP contribution in [0, 0.1) is 0 Å². The molecule has 62 valence electrons. The summed E-state index contributed by atoms with van der Waals surface area (Å²) in [5.74, 6) is -1.06. The molecule has 6 nitrogen and oxygen atoms in total. The van der Waals surface area contributed by atoms with Gasteiger partial charge in [0.1, 0.15) is 0 Å². The molecule has 0 unspecified atom stereocenters. The number of hydrogen-bond acceptors (Lipinski definition) is 3. The highest BCUT2D eigenvalue weighted by Crippen LogP contribution is 1.73. The van der Waals surface area contributed by atoms with E-state index in [1.807, 2.05) is 0 Å². The van der Waals surface area contributed by atoms with Crippen LogP contribution in [0.25, 0.3) is 0 Å². The number of amides is 3. The number of primary amides is 1. The summed E-state index contributed by atoms with van der Waals surface area (Å²) in [6, 6.07) is 0. The molecule has 0 aliphatic carbocycles. The molecule has 0 bridgehead atoms. The van der Waals surface area contributed by atoms with Gasteiger partial charge in [0.25, 0.3) is 0 Å². The van der Waals surface area contributed by atoms with Crippen molar-refractivity contribution in [2.75, 3.05) is 13.1 Å². The van der Waals surface area contributed by atoms with Crippen molar-refractivity contribution in [3.63, 3.8) is 0 Å². The van der Waals surface area contributed by atoms with Crippen LogP contribution in [0.15, 0.2) is 0 Å². The number of nitrogens with one attached hydrogen (secondary N) is 2. The number of rotatable bonds is 0. The van der Waals surface area contributed by atoms with Gasteiger partial charge in [-0.3, -0.25) is 14.4 Å². The zero-order valence-corrected chi connectivity index (χ0v) is 5.79. The molecule has 0 aromatic carbocycles. The number of piperazine rings is 1.